The second-order valence-corrected chi connectivity index (χ2v) is 4.14. The summed E-state index contributed by atoms with van der Waals surface area (Å²) in [6.07, 6.45) is 1.73. The van der Waals surface area contributed by atoms with Gasteiger partial charge in [-0.15, -0.1) is 0 Å². The molecule has 1 aromatic carbocycles. The number of amides is 1. The highest BCUT2D eigenvalue weighted by Gasteiger charge is 2.18. The highest BCUT2D eigenvalue weighted by molar-refractivity contribution is 5.91. The van der Waals surface area contributed by atoms with E-state index in [4.69, 9.17) is 5.73 Å². The maximum absolute atomic E-state index is 11.4. The first kappa shape index (κ1) is 9.95. The van der Waals surface area contributed by atoms with Crippen molar-refractivity contribution in [2.24, 2.45) is 0 Å². The van der Waals surface area contributed by atoms with Crippen molar-refractivity contribution in [1.82, 2.24) is 15.5 Å². The van der Waals surface area contributed by atoms with Gasteiger partial charge in [0.05, 0.1) is 29.6 Å². The summed E-state index contributed by atoms with van der Waals surface area (Å²) < 4.78 is 0. The Hall–Kier alpha value is -2.24. The van der Waals surface area contributed by atoms with E-state index in [0.717, 1.165) is 23.1 Å². The molecule has 0 bridgehead atoms. The molecule has 6 nitrogen and oxygen atoms in total. The molecule has 88 valence electrons. The average molecular weight is 231 g/mol. The Morgan fingerprint density at radius 2 is 2.29 bits per heavy atom. The number of nitrogens with zero attached hydrogens (tertiary/aromatic N) is 2. The molecule has 1 aliphatic rings. The number of nitrogen functional groups attached to an aromatic ring is 1. The third kappa shape index (κ3) is 1.67. The van der Waals surface area contributed by atoms with Crippen molar-refractivity contribution in [3.63, 3.8) is 0 Å². The Morgan fingerprint density at radius 3 is 3.12 bits per heavy atom. The van der Waals surface area contributed by atoms with Crippen LogP contribution in [0.5, 0.6) is 0 Å². The molecule has 0 saturated carbocycles. The zero-order valence-electron chi connectivity index (χ0n) is 9.23. The van der Waals surface area contributed by atoms with Crippen LogP contribution in [0, 0.1) is 0 Å². The normalized spacial score (nSPS) is 16.2. The maximum atomic E-state index is 11.4. The molecule has 6 heteroatoms. The second-order valence-electron chi connectivity index (χ2n) is 4.14. The van der Waals surface area contributed by atoms with E-state index in [1.165, 1.54) is 0 Å². The van der Waals surface area contributed by atoms with Crippen molar-refractivity contribution in [3.05, 3.63) is 18.3 Å². The lowest BCUT2D eigenvalue weighted by Crippen LogP contribution is -2.47. The van der Waals surface area contributed by atoms with Crippen LogP contribution in [0.15, 0.2) is 18.3 Å². The van der Waals surface area contributed by atoms with Crippen LogP contribution in [0.25, 0.3) is 10.9 Å². The van der Waals surface area contributed by atoms with Gasteiger partial charge in [0.25, 0.3) is 0 Å². The Labute approximate surface area is 97.8 Å². The van der Waals surface area contributed by atoms with Gasteiger partial charge < -0.3 is 16.0 Å². The number of carbonyl (C=O) groups is 1. The monoisotopic (exact) mass is 231 g/mol. The number of rotatable bonds is 1. The molecule has 2 aromatic rings. The van der Waals surface area contributed by atoms with Crippen molar-refractivity contribution in [3.8, 4) is 0 Å². The molecule has 1 amide bonds. The fraction of sp³-hybridized carbons (Fsp3) is 0.273. The maximum Gasteiger partial charge on any atom is 0.239 e. The minimum absolute atomic E-state index is 0.0281. The summed E-state index contributed by atoms with van der Waals surface area (Å²) in [4.78, 5) is 13.3. The molecule has 2 heterocycles. The van der Waals surface area contributed by atoms with Gasteiger partial charge in [0, 0.05) is 18.5 Å². The average Bonchev–Trinajstić information content (AvgIpc) is 2.75. The van der Waals surface area contributed by atoms with E-state index >= 15 is 0 Å². The zero-order chi connectivity index (χ0) is 11.8. The van der Waals surface area contributed by atoms with Crippen LogP contribution in [-0.2, 0) is 4.79 Å². The number of hydrogen-bond acceptors (Lipinski definition) is 4. The van der Waals surface area contributed by atoms with E-state index in [2.05, 4.69) is 15.5 Å². The fourth-order valence-corrected chi connectivity index (χ4v) is 2.12. The highest BCUT2D eigenvalue weighted by atomic mass is 16.2. The van der Waals surface area contributed by atoms with Crippen LogP contribution in [0.1, 0.15) is 0 Å². The predicted octanol–water partition coefficient (Wildman–Crippen LogP) is 0.0813. The van der Waals surface area contributed by atoms with E-state index in [-0.39, 0.29) is 5.91 Å². The summed E-state index contributed by atoms with van der Waals surface area (Å²) in [7, 11) is 0. The van der Waals surface area contributed by atoms with Crippen molar-refractivity contribution in [1.29, 1.82) is 0 Å². The SMILES string of the molecule is Nc1cc2cn[nH]c2cc1N1CCNC(=O)C1. The molecule has 0 atom stereocenters. The number of nitrogens with two attached hydrogens (primary N) is 1. The molecule has 17 heavy (non-hydrogen) atoms. The van der Waals surface area contributed by atoms with E-state index in [0.29, 0.717) is 18.8 Å². The third-order valence-electron chi connectivity index (χ3n) is 2.97. The summed E-state index contributed by atoms with van der Waals surface area (Å²) in [5, 5.41) is 10.6. The largest absolute Gasteiger partial charge is 0.397 e. The number of aromatic amines is 1. The van der Waals surface area contributed by atoms with Crippen LogP contribution < -0.4 is 16.0 Å². The van der Waals surface area contributed by atoms with E-state index < -0.39 is 0 Å². The predicted molar refractivity (Wildman–Crippen MR) is 65.7 cm³/mol. The Kier molecular flexibility index (Phi) is 2.14. The Morgan fingerprint density at radius 1 is 1.41 bits per heavy atom. The Bertz CT molecular complexity index is 576. The third-order valence-corrected chi connectivity index (χ3v) is 2.97. The van der Waals surface area contributed by atoms with E-state index in [9.17, 15) is 4.79 Å². The number of fused-ring (bicyclic) bond motifs is 1. The minimum Gasteiger partial charge on any atom is -0.397 e. The number of anilines is 2. The molecule has 0 aliphatic carbocycles. The second kappa shape index (κ2) is 3.65. The summed E-state index contributed by atoms with van der Waals surface area (Å²) in [5.74, 6) is 0.0281. The number of hydrogen-bond donors (Lipinski definition) is 3. The standard InChI is InChI=1S/C11H13N5O/c12-8-3-7-5-14-15-9(7)4-10(8)16-2-1-13-11(17)6-16/h3-5H,1-2,6,12H2,(H,13,17)(H,14,15). The zero-order valence-corrected chi connectivity index (χ0v) is 9.23. The molecule has 1 saturated heterocycles. The van der Waals surface area contributed by atoms with Gasteiger partial charge in [0.1, 0.15) is 0 Å². The summed E-state index contributed by atoms with van der Waals surface area (Å²) in [6, 6.07) is 3.82. The van der Waals surface area contributed by atoms with Gasteiger partial charge in [0.2, 0.25) is 5.91 Å². The molecule has 0 radical (unpaired) electrons. The molecule has 1 fully saturated rings. The summed E-state index contributed by atoms with van der Waals surface area (Å²) in [5.41, 5.74) is 8.50. The first-order chi connectivity index (χ1) is 8.24. The Balaban J connectivity index is 2.03. The number of H-pyrrole nitrogens is 1. The minimum atomic E-state index is 0.0281. The molecule has 3 rings (SSSR count). The van der Waals surface area contributed by atoms with Crippen LogP contribution in [0.3, 0.4) is 0 Å². The van der Waals surface area contributed by atoms with Crippen molar-refractivity contribution >= 4 is 28.2 Å². The first-order valence-electron chi connectivity index (χ1n) is 5.48. The van der Waals surface area contributed by atoms with E-state index in [1.54, 1.807) is 6.20 Å². The molecule has 0 spiro atoms. The van der Waals surface area contributed by atoms with Gasteiger partial charge in [-0.3, -0.25) is 9.89 Å². The number of nitrogens with one attached hydrogen (secondary N) is 2. The molecule has 4 N–H and O–H groups in total. The van der Waals surface area contributed by atoms with Gasteiger partial charge in [0.15, 0.2) is 0 Å². The van der Waals surface area contributed by atoms with E-state index in [1.807, 2.05) is 17.0 Å². The van der Waals surface area contributed by atoms with Crippen molar-refractivity contribution in [2.45, 2.75) is 0 Å². The molecule has 0 unspecified atom stereocenters. The molecule has 1 aliphatic heterocycles. The van der Waals surface area contributed by atoms with Gasteiger partial charge in [-0.1, -0.05) is 0 Å². The van der Waals surface area contributed by atoms with Crippen LogP contribution in [0.2, 0.25) is 0 Å². The number of carbonyl (C=O) groups excluding carboxylic acids is 1. The lowest BCUT2D eigenvalue weighted by atomic mass is 10.1. The van der Waals surface area contributed by atoms with Crippen LogP contribution >= 0.6 is 0 Å². The summed E-state index contributed by atoms with van der Waals surface area (Å²) >= 11 is 0. The van der Waals surface area contributed by atoms with Gasteiger partial charge in [-0.05, 0) is 12.1 Å². The lowest BCUT2D eigenvalue weighted by Gasteiger charge is -2.29. The van der Waals surface area contributed by atoms with Gasteiger partial charge in [-0.25, -0.2) is 0 Å². The van der Waals surface area contributed by atoms with Gasteiger partial charge in [-0.2, -0.15) is 5.10 Å². The van der Waals surface area contributed by atoms with Crippen LogP contribution in [-0.4, -0.2) is 35.7 Å². The van der Waals surface area contributed by atoms with Crippen molar-refractivity contribution in [2.75, 3.05) is 30.3 Å². The lowest BCUT2D eigenvalue weighted by molar-refractivity contribution is -0.120. The number of benzene rings is 1. The molecular formula is C11H13N5O. The van der Waals surface area contributed by atoms with Gasteiger partial charge >= 0.3 is 0 Å². The van der Waals surface area contributed by atoms with Crippen molar-refractivity contribution < 1.29 is 4.79 Å². The fourth-order valence-electron chi connectivity index (χ4n) is 2.12. The number of aromatic nitrogens is 2. The first-order valence-corrected chi connectivity index (χ1v) is 5.48. The molecular weight excluding hydrogens is 218 g/mol. The summed E-state index contributed by atoms with van der Waals surface area (Å²) in [6.45, 7) is 1.78. The topological polar surface area (TPSA) is 87.0 Å². The smallest absolute Gasteiger partial charge is 0.239 e. The number of piperazine rings is 1. The quantitative estimate of drug-likeness (QED) is 0.607. The molecule has 1 aromatic heterocycles. The highest BCUT2D eigenvalue weighted by Crippen LogP contribution is 2.28. The van der Waals surface area contributed by atoms with Crippen LogP contribution in [0.4, 0.5) is 11.4 Å².